The number of aliphatic hydroxyl groups is 1. The largest absolute Gasteiger partial charge is 0.435 e. The number of piperidine rings is 1. The Labute approximate surface area is 161 Å². The Morgan fingerprint density at radius 3 is 2.15 bits per heavy atom. The van der Waals surface area contributed by atoms with Crippen LogP contribution in [0.5, 0.6) is 5.75 Å². The van der Waals surface area contributed by atoms with Crippen molar-refractivity contribution in [3.8, 4) is 5.75 Å². The summed E-state index contributed by atoms with van der Waals surface area (Å²) in [6.07, 6.45) is 7.20. The van der Waals surface area contributed by atoms with Crippen molar-refractivity contribution in [3.05, 3.63) is 29.8 Å². The number of nitrogens with zero attached hydrogens (tertiary/aromatic N) is 2. The summed E-state index contributed by atoms with van der Waals surface area (Å²) in [5.41, 5.74) is 0.739. The molecule has 1 atom stereocenters. The fourth-order valence-corrected chi connectivity index (χ4v) is 4.26. The number of hydrogen-bond acceptors (Lipinski definition) is 4. The van der Waals surface area contributed by atoms with E-state index in [1.54, 1.807) is 12.1 Å². The molecule has 2 aliphatic heterocycles. The molecule has 0 radical (unpaired) electrons. The fourth-order valence-electron chi connectivity index (χ4n) is 4.26. The summed E-state index contributed by atoms with van der Waals surface area (Å²) in [7, 11) is 0. The summed E-state index contributed by atoms with van der Waals surface area (Å²) in [6, 6.07) is 6.29. The second-order valence-electron chi connectivity index (χ2n) is 7.92. The minimum Gasteiger partial charge on any atom is -0.435 e. The van der Waals surface area contributed by atoms with E-state index in [2.05, 4.69) is 14.5 Å². The SMILES string of the molecule is O[C@@H](CN1CCC(CN2CCCCCC2)CC1)c1ccc(OC(F)F)cc1. The van der Waals surface area contributed by atoms with Gasteiger partial charge in [0.15, 0.2) is 0 Å². The van der Waals surface area contributed by atoms with Gasteiger partial charge in [-0.05, 0) is 75.5 Å². The molecule has 0 spiro atoms. The molecule has 1 aromatic carbocycles. The van der Waals surface area contributed by atoms with E-state index in [0.29, 0.717) is 6.54 Å². The first-order valence-electron chi connectivity index (χ1n) is 10.3. The van der Waals surface area contributed by atoms with Crippen molar-refractivity contribution in [2.24, 2.45) is 5.92 Å². The number of rotatable bonds is 7. The lowest BCUT2D eigenvalue weighted by atomic mass is 9.95. The summed E-state index contributed by atoms with van der Waals surface area (Å²) < 4.78 is 28.8. The van der Waals surface area contributed by atoms with E-state index < -0.39 is 12.7 Å². The highest BCUT2D eigenvalue weighted by Gasteiger charge is 2.23. The standard InChI is InChI=1S/C21H32F2N2O2/c22-21(23)27-19-7-5-18(6-8-19)20(26)16-25-13-9-17(10-14-25)15-24-11-3-1-2-4-12-24/h5-8,17,20-21,26H,1-4,9-16H2/t20-/m0/s1. The van der Waals surface area contributed by atoms with Gasteiger partial charge in [-0.3, -0.25) is 0 Å². The zero-order valence-corrected chi connectivity index (χ0v) is 16.0. The van der Waals surface area contributed by atoms with E-state index in [-0.39, 0.29) is 5.75 Å². The van der Waals surface area contributed by atoms with E-state index in [1.165, 1.54) is 70.3 Å². The van der Waals surface area contributed by atoms with Gasteiger partial charge >= 0.3 is 6.61 Å². The molecule has 3 rings (SSSR count). The van der Waals surface area contributed by atoms with E-state index >= 15 is 0 Å². The van der Waals surface area contributed by atoms with Crippen LogP contribution in [0, 0.1) is 5.92 Å². The van der Waals surface area contributed by atoms with Gasteiger partial charge < -0.3 is 19.6 Å². The summed E-state index contributed by atoms with van der Waals surface area (Å²) in [4.78, 5) is 4.96. The molecule has 1 aromatic rings. The summed E-state index contributed by atoms with van der Waals surface area (Å²) in [6.45, 7) is 3.53. The normalized spacial score (nSPS) is 21.9. The predicted octanol–water partition coefficient (Wildman–Crippen LogP) is 3.91. The first kappa shape index (κ1) is 20.5. The van der Waals surface area contributed by atoms with Gasteiger partial charge in [0, 0.05) is 13.1 Å². The summed E-state index contributed by atoms with van der Waals surface area (Å²) >= 11 is 0. The minimum atomic E-state index is -2.82. The smallest absolute Gasteiger partial charge is 0.387 e. The van der Waals surface area contributed by atoms with Crippen LogP contribution in [0.15, 0.2) is 24.3 Å². The second kappa shape index (κ2) is 10.3. The van der Waals surface area contributed by atoms with Crippen LogP contribution in [-0.2, 0) is 0 Å². The molecule has 0 aliphatic carbocycles. The monoisotopic (exact) mass is 382 g/mol. The first-order chi connectivity index (χ1) is 13.1. The highest BCUT2D eigenvalue weighted by atomic mass is 19.3. The van der Waals surface area contributed by atoms with Crippen LogP contribution in [0.25, 0.3) is 0 Å². The number of likely N-dealkylation sites (tertiary alicyclic amines) is 2. The Morgan fingerprint density at radius 2 is 1.56 bits per heavy atom. The van der Waals surface area contributed by atoms with Gasteiger partial charge in [-0.15, -0.1) is 0 Å². The maximum absolute atomic E-state index is 12.2. The van der Waals surface area contributed by atoms with Crippen molar-refractivity contribution < 1.29 is 18.6 Å². The van der Waals surface area contributed by atoms with Crippen molar-refractivity contribution in [2.75, 3.05) is 39.3 Å². The van der Waals surface area contributed by atoms with Crippen LogP contribution in [0.4, 0.5) is 8.78 Å². The zero-order chi connectivity index (χ0) is 19.1. The molecule has 0 unspecified atom stereocenters. The summed E-state index contributed by atoms with van der Waals surface area (Å²) in [5.74, 6) is 0.887. The summed E-state index contributed by atoms with van der Waals surface area (Å²) in [5, 5.41) is 10.5. The lowest BCUT2D eigenvalue weighted by Gasteiger charge is -2.35. The molecule has 0 amide bonds. The van der Waals surface area contributed by atoms with Crippen LogP contribution >= 0.6 is 0 Å². The Morgan fingerprint density at radius 1 is 0.926 bits per heavy atom. The zero-order valence-electron chi connectivity index (χ0n) is 16.0. The number of ether oxygens (including phenoxy) is 1. The third-order valence-corrected chi connectivity index (χ3v) is 5.84. The predicted molar refractivity (Wildman–Crippen MR) is 102 cm³/mol. The van der Waals surface area contributed by atoms with Gasteiger partial charge in [0.25, 0.3) is 0 Å². The Kier molecular flexibility index (Phi) is 7.85. The minimum absolute atomic E-state index is 0.121. The van der Waals surface area contributed by atoms with Crippen LogP contribution in [0.2, 0.25) is 0 Å². The number of hydrogen-bond donors (Lipinski definition) is 1. The molecule has 1 N–H and O–H groups in total. The lowest BCUT2D eigenvalue weighted by molar-refractivity contribution is -0.0498. The number of alkyl halides is 2. The number of aliphatic hydroxyl groups excluding tert-OH is 1. The van der Waals surface area contributed by atoms with Crippen molar-refractivity contribution in [3.63, 3.8) is 0 Å². The topological polar surface area (TPSA) is 35.9 Å². The Bertz CT molecular complexity index is 540. The highest BCUT2D eigenvalue weighted by molar-refractivity contribution is 5.28. The molecule has 4 nitrogen and oxygen atoms in total. The molecule has 27 heavy (non-hydrogen) atoms. The van der Waals surface area contributed by atoms with Gasteiger partial charge in [-0.2, -0.15) is 8.78 Å². The van der Waals surface area contributed by atoms with E-state index in [4.69, 9.17) is 0 Å². The molecule has 2 heterocycles. The number of β-amino-alcohol motifs (C(OH)–C–C–N with tert-alkyl or cyclic N) is 1. The van der Waals surface area contributed by atoms with E-state index in [1.807, 2.05) is 0 Å². The third-order valence-electron chi connectivity index (χ3n) is 5.84. The quantitative estimate of drug-likeness (QED) is 0.776. The molecule has 0 aromatic heterocycles. The van der Waals surface area contributed by atoms with Gasteiger partial charge in [0.1, 0.15) is 5.75 Å². The van der Waals surface area contributed by atoms with Crippen molar-refractivity contribution in [1.29, 1.82) is 0 Å². The molecule has 2 fully saturated rings. The molecule has 2 saturated heterocycles. The highest BCUT2D eigenvalue weighted by Crippen LogP contribution is 2.24. The first-order valence-corrected chi connectivity index (χ1v) is 10.3. The van der Waals surface area contributed by atoms with E-state index in [9.17, 15) is 13.9 Å². The molecule has 0 saturated carbocycles. The Balaban J connectivity index is 1.40. The van der Waals surface area contributed by atoms with Crippen LogP contribution in [-0.4, -0.2) is 60.8 Å². The molecule has 6 heteroatoms. The molecule has 0 bridgehead atoms. The van der Waals surface area contributed by atoms with Gasteiger partial charge in [0.2, 0.25) is 0 Å². The molecular formula is C21H32F2N2O2. The van der Waals surface area contributed by atoms with Crippen molar-refractivity contribution in [1.82, 2.24) is 9.80 Å². The fraction of sp³-hybridized carbons (Fsp3) is 0.714. The number of halogens is 2. The Hall–Kier alpha value is -1.24. The van der Waals surface area contributed by atoms with Crippen LogP contribution in [0.3, 0.4) is 0 Å². The number of benzene rings is 1. The average Bonchev–Trinajstić information content (AvgIpc) is 2.92. The van der Waals surface area contributed by atoms with Gasteiger partial charge in [0.05, 0.1) is 6.10 Å². The van der Waals surface area contributed by atoms with E-state index in [0.717, 1.165) is 24.6 Å². The molecular weight excluding hydrogens is 350 g/mol. The van der Waals surface area contributed by atoms with Crippen molar-refractivity contribution >= 4 is 0 Å². The second-order valence-corrected chi connectivity index (χ2v) is 7.92. The lowest BCUT2D eigenvalue weighted by Crippen LogP contribution is -2.40. The maximum Gasteiger partial charge on any atom is 0.387 e. The van der Waals surface area contributed by atoms with Crippen LogP contribution in [0.1, 0.15) is 50.2 Å². The molecule has 152 valence electrons. The van der Waals surface area contributed by atoms with Crippen molar-refractivity contribution in [2.45, 2.75) is 51.2 Å². The van der Waals surface area contributed by atoms with Gasteiger partial charge in [-0.25, -0.2) is 0 Å². The molecule has 2 aliphatic rings. The maximum atomic E-state index is 12.2. The van der Waals surface area contributed by atoms with Gasteiger partial charge in [-0.1, -0.05) is 25.0 Å². The average molecular weight is 382 g/mol. The third kappa shape index (κ3) is 6.70. The van der Waals surface area contributed by atoms with Crippen LogP contribution < -0.4 is 4.74 Å².